The molecule has 0 unspecified atom stereocenters. The van der Waals surface area contributed by atoms with Gasteiger partial charge in [0.05, 0.1) is 6.54 Å². The zero-order chi connectivity index (χ0) is 16.8. The van der Waals surface area contributed by atoms with Crippen molar-refractivity contribution in [2.75, 3.05) is 11.4 Å². The number of rotatable bonds is 3. The molecule has 2 aromatic heterocycles. The first-order chi connectivity index (χ1) is 12.3. The van der Waals surface area contributed by atoms with E-state index in [0.717, 1.165) is 47.1 Å². The van der Waals surface area contributed by atoms with Crippen molar-refractivity contribution in [2.45, 2.75) is 31.7 Å². The third-order valence-electron chi connectivity index (χ3n) is 4.92. The summed E-state index contributed by atoms with van der Waals surface area (Å²) in [6, 6.07) is 8.57. The topological polar surface area (TPSA) is 55.1 Å². The van der Waals surface area contributed by atoms with Gasteiger partial charge in [-0.1, -0.05) is 17.3 Å². The molecule has 2 aliphatic rings. The molecule has 25 heavy (non-hydrogen) atoms. The molecular formula is C19H17FN4O. The van der Waals surface area contributed by atoms with Crippen molar-refractivity contribution < 1.29 is 8.91 Å². The molecule has 6 heteroatoms. The first kappa shape index (κ1) is 14.6. The lowest BCUT2D eigenvalue weighted by Crippen LogP contribution is -2.30. The first-order valence-electron chi connectivity index (χ1n) is 8.58. The molecule has 5 nitrogen and oxygen atoms in total. The van der Waals surface area contributed by atoms with E-state index in [1.807, 2.05) is 6.07 Å². The lowest BCUT2D eigenvalue weighted by atomic mass is 10.0. The van der Waals surface area contributed by atoms with Crippen LogP contribution in [0.2, 0.25) is 0 Å². The lowest BCUT2D eigenvalue weighted by molar-refractivity contribution is 0.378. The van der Waals surface area contributed by atoms with Gasteiger partial charge in [-0.2, -0.15) is 0 Å². The van der Waals surface area contributed by atoms with E-state index in [9.17, 15) is 4.39 Å². The number of aromatic nitrogens is 3. The van der Waals surface area contributed by atoms with E-state index >= 15 is 0 Å². The Kier molecular flexibility index (Phi) is 3.29. The first-order valence-corrected chi connectivity index (χ1v) is 8.58. The molecule has 0 radical (unpaired) electrons. The number of benzene rings is 1. The molecule has 1 saturated carbocycles. The van der Waals surface area contributed by atoms with Gasteiger partial charge in [-0.3, -0.25) is 0 Å². The Morgan fingerprint density at radius 1 is 1.16 bits per heavy atom. The minimum absolute atomic E-state index is 0.271. The van der Waals surface area contributed by atoms with Gasteiger partial charge in [0, 0.05) is 41.8 Å². The third kappa shape index (κ3) is 2.67. The molecule has 1 aliphatic heterocycles. The SMILES string of the molecule is Fc1cccc(-c2noc3c2CN(c2cc(C4CC4)ncn2)CC3)c1. The van der Waals surface area contributed by atoms with Crippen LogP contribution < -0.4 is 4.90 Å². The summed E-state index contributed by atoms with van der Waals surface area (Å²) >= 11 is 0. The standard InChI is InChI=1S/C19H17FN4O/c20-14-3-1-2-13(8-14)19-15-10-24(7-6-17(15)25-23-19)18-9-16(12-4-5-12)21-11-22-18/h1-3,8-9,11-12H,4-7,10H2. The highest BCUT2D eigenvalue weighted by molar-refractivity contribution is 5.65. The quantitative estimate of drug-likeness (QED) is 0.730. The zero-order valence-electron chi connectivity index (χ0n) is 13.7. The summed E-state index contributed by atoms with van der Waals surface area (Å²) in [4.78, 5) is 11.1. The average Bonchev–Trinajstić information content (AvgIpc) is 3.41. The number of hydrogen-bond donors (Lipinski definition) is 0. The fourth-order valence-electron chi connectivity index (χ4n) is 3.40. The van der Waals surface area contributed by atoms with Crippen LogP contribution in [0.15, 0.2) is 41.2 Å². The van der Waals surface area contributed by atoms with Gasteiger partial charge in [0.25, 0.3) is 0 Å². The van der Waals surface area contributed by atoms with Crippen molar-refractivity contribution in [3.63, 3.8) is 0 Å². The maximum atomic E-state index is 13.6. The smallest absolute Gasteiger partial charge is 0.144 e. The van der Waals surface area contributed by atoms with Crippen LogP contribution in [0.3, 0.4) is 0 Å². The van der Waals surface area contributed by atoms with E-state index in [0.29, 0.717) is 12.5 Å². The van der Waals surface area contributed by atoms with Gasteiger partial charge in [-0.15, -0.1) is 0 Å². The molecule has 5 rings (SSSR count). The molecule has 0 amide bonds. The Labute approximate surface area is 144 Å². The van der Waals surface area contributed by atoms with E-state index in [1.54, 1.807) is 12.4 Å². The van der Waals surface area contributed by atoms with Gasteiger partial charge < -0.3 is 9.42 Å². The van der Waals surface area contributed by atoms with Crippen molar-refractivity contribution in [3.05, 3.63) is 59.5 Å². The number of anilines is 1. The van der Waals surface area contributed by atoms with Crippen molar-refractivity contribution in [2.24, 2.45) is 0 Å². The monoisotopic (exact) mass is 336 g/mol. The maximum Gasteiger partial charge on any atom is 0.144 e. The summed E-state index contributed by atoms with van der Waals surface area (Å²) in [6.07, 6.45) is 4.85. The summed E-state index contributed by atoms with van der Waals surface area (Å²) in [5, 5.41) is 4.19. The second-order valence-corrected chi connectivity index (χ2v) is 6.69. The van der Waals surface area contributed by atoms with E-state index in [-0.39, 0.29) is 5.82 Å². The number of hydrogen-bond acceptors (Lipinski definition) is 5. The van der Waals surface area contributed by atoms with E-state index in [1.165, 1.54) is 25.0 Å². The van der Waals surface area contributed by atoms with Crippen LogP contribution in [0.25, 0.3) is 11.3 Å². The van der Waals surface area contributed by atoms with Gasteiger partial charge in [-0.05, 0) is 25.0 Å². The predicted octanol–water partition coefficient (Wildman–Crippen LogP) is 3.71. The van der Waals surface area contributed by atoms with E-state index in [2.05, 4.69) is 26.1 Å². The van der Waals surface area contributed by atoms with Crippen LogP contribution in [0, 0.1) is 5.82 Å². The minimum Gasteiger partial charge on any atom is -0.360 e. The molecular weight excluding hydrogens is 319 g/mol. The highest BCUT2D eigenvalue weighted by Gasteiger charge is 2.28. The van der Waals surface area contributed by atoms with Crippen LogP contribution in [-0.4, -0.2) is 21.7 Å². The van der Waals surface area contributed by atoms with Crippen LogP contribution >= 0.6 is 0 Å². The van der Waals surface area contributed by atoms with Crippen LogP contribution in [-0.2, 0) is 13.0 Å². The second-order valence-electron chi connectivity index (χ2n) is 6.69. The van der Waals surface area contributed by atoms with Crippen molar-refractivity contribution in [1.82, 2.24) is 15.1 Å². The molecule has 126 valence electrons. The van der Waals surface area contributed by atoms with E-state index < -0.39 is 0 Å². The predicted molar refractivity (Wildman–Crippen MR) is 90.7 cm³/mol. The Balaban J connectivity index is 1.48. The number of nitrogens with zero attached hydrogens (tertiary/aromatic N) is 4. The Bertz CT molecular complexity index is 935. The molecule has 1 aliphatic carbocycles. The van der Waals surface area contributed by atoms with E-state index in [4.69, 9.17) is 4.52 Å². The summed E-state index contributed by atoms with van der Waals surface area (Å²) in [5.74, 6) is 2.15. The summed E-state index contributed by atoms with van der Waals surface area (Å²) in [6.45, 7) is 1.48. The second kappa shape index (κ2) is 5.65. The van der Waals surface area contributed by atoms with Gasteiger partial charge in [-0.25, -0.2) is 14.4 Å². The summed E-state index contributed by atoms with van der Waals surface area (Å²) in [5.41, 5.74) is 3.61. The number of halogens is 1. The van der Waals surface area contributed by atoms with Gasteiger partial charge in [0.1, 0.15) is 29.4 Å². The molecule has 0 N–H and O–H groups in total. The Morgan fingerprint density at radius 3 is 2.92 bits per heavy atom. The fraction of sp³-hybridized carbons (Fsp3) is 0.316. The fourth-order valence-corrected chi connectivity index (χ4v) is 3.40. The molecule has 3 heterocycles. The summed E-state index contributed by atoms with van der Waals surface area (Å²) in [7, 11) is 0. The van der Waals surface area contributed by atoms with Crippen molar-refractivity contribution in [3.8, 4) is 11.3 Å². The normalized spacial score (nSPS) is 16.8. The highest BCUT2D eigenvalue weighted by atomic mass is 19.1. The third-order valence-corrected chi connectivity index (χ3v) is 4.92. The molecule has 1 aromatic carbocycles. The molecule has 0 bridgehead atoms. The largest absolute Gasteiger partial charge is 0.360 e. The van der Waals surface area contributed by atoms with Crippen LogP contribution in [0.1, 0.15) is 35.8 Å². The minimum atomic E-state index is -0.271. The Hall–Kier alpha value is -2.76. The van der Waals surface area contributed by atoms with Crippen molar-refractivity contribution in [1.29, 1.82) is 0 Å². The number of fused-ring (bicyclic) bond motifs is 1. The maximum absolute atomic E-state index is 13.6. The van der Waals surface area contributed by atoms with Crippen molar-refractivity contribution >= 4 is 5.82 Å². The van der Waals surface area contributed by atoms with Crippen LogP contribution in [0.5, 0.6) is 0 Å². The molecule has 0 atom stereocenters. The lowest BCUT2D eigenvalue weighted by Gasteiger charge is -2.27. The summed E-state index contributed by atoms with van der Waals surface area (Å²) < 4.78 is 19.1. The molecule has 0 saturated heterocycles. The van der Waals surface area contributed by atoms with Gasteiger partial charge >= 0.3 is 0 Å². The highest BCUT2D eigenvalue weighted by Crippen LogP contribution is 2.40. The van der Waals surface area contributed by atoms with Gasteiger partial charge in [0.15, 0.2) is 0 Å². The van der Waals surface area contributed by atoms with Gasteiger partial charge in [0.2, 0.25) is 0 Å². The Morgan fingerprint density at radius 2 is 2.08 bits per heavy atom. The molecule has 1 fully saturated rings. The molecule has 3 aromatic rings. The average molecular weight is 336 g/mol. The van der Waals surface area contributed by atoms with Crippen LogP contribution in [0.4, 0.5) is 10.2 Å². The molecule has 0 spiro atoms. The zero-order valence-corrected chi connectivity index (χ0v) is 13.7.